The maximum absolute atomic E-state index is 3.41. The van der Waals surface area contributed by atoms with Crippen LogP contribution in [0, 0.1) is 27.7 Å². The van der Waals surface area contributed by atoms with Crippen molar-refractivity contribution in [2.45, 2.75) is 34.2 Å². The predicted molar refractivity (Wildman–Crippen MR) is 73.5 cm³/mol. The lowest BCUT2D eigenvalue weighted by atomic mass is 9.94. The summed E-state index contributed by atoms with van der Waals surface area (Å²) in [6.45, 7) is 14.7. The molecule has 1 saturated heterocycles. The van der Waals surface area contributed by atoms with E-state index >= 15 is 0 Å². The fourth-order valence-corrected chi connectivity index (χ4v) is 2.63. The van der Waals surface area contributed by atoms with Crippen LogP contribution < -0.4 is 5.32 Å². The summed E-state index contributed by atoms with van der Waals surface area (Å²) < 4.78 is 0. The van der Waals surface area contributed by atoms with E-state index in [0.29, 0.717) is 0 Å². The maximum Gasteiger partial charge on any atom is 0.0240 e. The van der Waals surface area contributed by atoms with Crippen LogP contribution in [0.5, 0.6) is 0 Å². The fraction of sp³-hybridized carbons (Fsp3) is 0.600. The first kappa shape index (κ1) is 12.6. The Bertz CT molecular complexity index is 378. The van der Waals surface area contributed by atoms with Gasteiger partial charge >= 0.3 is 0 Å². The molecule has 2 heteroatoms. The van der Waals surface area contributed by atoms with Crippen molar-refractivity contribution in [3.63, 3.8) is 0 Å². The van der Waals surface area contributed by atoms with Gasteiger partial charge in [0.1, 0.15) is 0 Å². The Kier molecular flexibility index (Phi) is 3.85. The van der Waals surface area contributed by atoms with Gasteiger partial charge in [-0.05, 0) is 55.5 Å². The van der Waals surface area contributed by atoms with Gasteiger partial charge in [-0.3, -0.25) is 4.90 Å². The molecule has 1 aromatic rings. The van der Waals surface area contributed by atoms with Crippen LogP contribution in [0.3, 0.4) is 0 Å². The molecule has 0 unspecified atom stereocenters. The minimum Gasteiger partial charge on any atom is -0.314 e. The Morgan fingerprint density at radius 2 is 1.53 bits per heavy atom. The van der Waals surface area contributed by atoms with Crippen molar-refractivity contribution in [2.24, 2.45) is 0 Å². The number of hydrogen-bond acceptors (Lipinski definition) is 2. The molecule has 0 amide bonds. The molecule has 0 spiro atoms. The molecule has 1 fully saturated rings. The number of nitrogens with zero attached hydrogens (tertiary/aromatic N) is 1. The molecule has 1 N–H and O–H groups in total. The first-order chi connectivity index (χ1) is 8.09. The van der Waals surface area contributed by atoms with E-state index in [9.17, 15) is 0 Å². The molecule has 2 rings (SSSR count). The molecular formula is C15H24N2. The Labute approximate surface area is 105 Å². The third kappa shape index (κ3) is 2.70. The van der Waals surface area contributed by atoms with Crippen molar-refractivity contribution < 1.29 is 0 Å². The molecule has 1 heterocycles. The summed E-state index contributed by atoms with van der Waals surface area (Å²) >= 11 is 0. The molecule has 0 radical (unpaired) electrons. The van der Waals surface area contributed by atoms with Gasteiger partial charge in [0.15, 0.2) is 0 Å². The Morgan fingerprint density at radius 1 is 1.00 bits per heavy atom. The van der Waals surface area contributed by atoms with Crippen molar-refractivity contribution in [2.75, 3.05) is 26.2 Å². The van der Waals surface area contributed by atoms with Crippen molar-refractivity contribution in [1.29, 1.82) is 0 Å². The molecule has 94 valence electrons. The first-order valence-electron chi connectivity index (χ1n) is 6.59. The number of aryl methyl sites for hydroxylation is 2. The summed E-state index contributed by atoms with van der Waals surface area (Å²) in [5.74, 6) is 0. The largest absolute Gasteiger partial charge is 0.314 e. The molecule has 17 heavy (non-hydrogen) atoms. The molecule has 1 aromatic carbocycles. The minimum absolute atomic E-state index is 1.11. The van der Waals surface area contributed by atoms with Crippen LogP contribution in [0.15, 0.2) is 6.07 Å². The fourth-order valence-electron chi connectivity index (χ4n) is 2.63. The second-order valence-electron chi connectivity index (χ2n) is 5.27. The number of nitrogens with one attached hydrogen (secondary N) is 1. The predicted octanol–water partition coefficient (Wildman–Crippen LogP) is 2.33. The third-order valence-electron chi connectivity index (χ3n) is 4.11. The summed E-state index contributed by atoms with van der Waals surface area (Å²) in [6, 6.07) is 2.31. The Hall–Kier alpha value is -0.860. The summed E-state index contributed by atoms with van der Waals surface area (Å²) in [5.41, 5.74) is 7.36. The average Bonchev–Trinajstić information content (AvgIpc) is 2.33. The molecule has 0 atom stereocenters. The van der Waals surface area contributed by atoms with E-state index in [1.54, 1.807) is 5.56 Å². The van der Waals surface area contributed by atoms with Gasteiger partial charge in [-0.2, -0.15) is 0 Å². The highest BCUT2D eigenvalue weighted by Crippen LogP contribution is 2.23. The van der Waals surface area contributed by atoms with Gasteiger partial charge in [0.05, 0.1) is 0 Å². The zero-order valence-electron chi connectivity index (χ0n) is 11.6. The van der Waals surface area contributed by atoms with Gasteiger partial charge < -0.3 is 5.32 Å². The standard InChI is InChI=1S/C15H24N2/c1-11-9-12(2)14(4)15(13(11)3)10-17-7-5-16-6-8-17/h9,16H,5-8,10H2,1-4H3. The van der Waals surface area contributed by atoms with E-state index < -0.39 is 0 Å². The van der Waals surface area contributed by atoms with Crippen molar-refractivity contribution >= 4 is 0 Å². The zero-order chi connectivity index (χ0) is 12.4. The van der Waals surface area contributed by atoms with E-state index in [4.69, 9.17) is 0 Å². The van der Waals surface area contributed by atoms with Crippen molar-refractivity contribution in [3.8, 4) is 0 Å². The monoisotopic (exact) mass is 232 g/mol. The number of benzene rings is 1. The van der Waals surface area contributed by atoms with E-state index in [2.05, 4.69) is 44.0 Å². The highest BCUT2D eigenvalue weighted by atomic mass is 15.2. The van der Waals surface area contributed by atoms with E-state index in [1.807, 2.05) is 0 Å². The molecule has 0 saturated carbocycles. The Balaban J connectivity index is 2.24. The molecule has 1 aliphatic rings. The average molecular weight is 232 g/mol. The molecule has 0 aliphatic carbocycles. The van der Waals surface area contributed by atoms with E-state index in [0.717, 1.165) is 19.6 Å². The van der Waals surface area contributed by atoms with Crippen LogP contribution in [0.25, 0.3) is 0 Å². The normalized spacial score (nSPS) is 17.4. The van der Waals surface area contributed by atoms with Gasteiger partial charge in [-0.15, -0.1) is 0 Å². The SMILES string of the molecule is Cc1cc(C)c(C)c(CN2CCNCC2)c1C. The highest BCUT2D eigenvalue weighted by molar-refractivity contribution is 5.43. The topological polar surface area (TPSA) is 15.3 Å². The highest BCUT2D eigenvalue weighted by Gasteiger charge is 2.14. The van der Waals surface area contributed by atoms with Crippen LogP contribution in [-0.2, 0) is 6.54 Å². The third-order valence-corrected chi connectivity index (χ3v) is 4.11. The summed E-state index contributed by atoms with van der Waals surface area (Å²) in [7, 11) is 0. The van der Waals surface area contributed by atoms with Gasteiger partial charge in [0.25, 0.3) is 0 Å². The van der Waals surface area contributed by atoms with Crippen LogP contribution in [0.4, 0.5) is 0 Å². The lowest BCUT2D eigenvalue weighted by Crippen LogP contribution is -2.43. The van der Waals surface area contributed by atoms with Crippen molar-refractivity contribution in [1.82, 2.24) is 10.2 Å². The lowest BCUT2D eigenvalue weighted by molar-refractivity contribution is 0.232. The molecular weight excluding hydrogens is 208 g/mol. The Morgan fingerprint density at radius 3 is 2.06 bits per heavy atom. The van der Waals surface area contributed by atoms with Crippen LogP contribution in [0.2, 0.25) is 0 Å². The van der Waals surface area contributed by atoms with Crippen LogP contribution in [0.1, 0.15) is 27.8 Å². The number of piperazine rings is 1. The van der Waals surface area contributed by atoms with Crippen LogP contribution >= 0.6 is 0 Å². The van der Waals surface area contributed by atoms with Gasteiger partial charge in [0, 0.05) is 32.7 Å². The lowest BCUT2D eigenvalue weighted by Gasteiger charge is -2.29. The number of rotatable bonds is 2. The smallest absolute Gasteiger partial charge is 0.0240 e. The van der Waals surface area contributed by atoms with Gasteiger partial charge in [-0.1, -0.05) is 6.07 Å². The van der Waals surface area contributed by atoms with E-state index in [1.165, 1.54) is 35.3 Å². The van der Waals surface area contributed by atoms with E-state index in [-0.39, 0.29) is 0 Å². The molecule has 0 bridgehead atoms. The van der Waals surface area contributed by atoms with Crippen molar-refractivity contribution in [3.05, 3.63) is 33.9 Å². The quantitative estimate of drug-likeness (QED) is 0.842. The number of hydrogen-bond donors (Lipinski definition) is 1. The zero-order valence-corrected chi connectivity index (χ0v) is 11.6. The molecule has 1 aliphatic heterocycles. The van der Waals surface area contributed by atoms with Gasteiger partial charge in [-0.25, -0.2) is 0 Å². The van der Waals surface area contributed by atoms with Crippen LogP contribution in [-0.4, -0.2) is 31.1 Å². The molecule has 0 aromatic heterocycles. The summed E-state index contributed by atoms with van der Waals surface area (Å²) in [6.07, 6.45) is 0. The second-order valence-corrected chi connectivity index (χ2v) is 5.27. The molecule has 2 nitrogen and oxygen atoms in total. The first-order valence-corrected chi connectivity index (χ1v) is 6.59. The minimum atomic E-state index is 1.11. The summed E-state index contributed by atoms with van der Waals surface area (Å²) in [5, 5.41) is 3.41. The van der Waals surface area contributed by atoms with Gasteiger partial charge in [0.2, 0.25) is 0 Å². The maximum atomic E-state index is 3.41. The second kappa shape index (κ2) is 5.19. The summed E-state index contributed by atoms with van der Waals surface area (Å²) in [4.78, 5) is 2.56.